The molecule has 32 heavy (non-hydrogen) atoms. The summed E-state index contributed by atoms with van der Waals surface area (Å²) in [6, 6.07) is 19.7. The second-order valence-corrected chi connectivity index (χ2v) is 8.42. The Bertz CT molecular complexity index is 1270. The Morgan fingerprint density at radius 2 is 1.72 bits per heavy atom. The summed E-state index contributed by atoms with van der Waals surface area (Å²) in [6.07, 6.45) is -0.686. The summed E-state index contributed by atoms with van der Waals surface area (Å²) in [5.41, 5.74) is 4.79. The van der Waals surface area contributed by atoms with E-state index in [9.17, 15) is 9.18 Å². The predicted molar refractivity (Wildman–Crippen MR) is 128 cm³/mol. The molecule has 1 aromatic heterocycles. The van der Waals surface area contributed by atoms with Crippen LogP contribution < -0.4 is 10.1 Å². The highest BCUT2D eigenvalue weighted by Gasteiger charge is 2.18. The van der Waals surface area contributed by atoms with Gasteiger partial charge < -0.3 is 10.1 Å². The van der Waals surface area contributed by atoms with Crippen LogP contribution in [0.3, 0.4) is 0 Å². The molecule has 1 atom stereocenters. The molecule has 162 valence electrons. The first-order valence-corrected chi connectivity index (χ1v) is 11.1. The van der Waals surface area contributed by atoms with E-state index >= 15 is 0 Å². The maximum absolute atomic E-state index is 14.1. The fourth-order valence-electron chi connectivity index (χ4n) is 3.25. The molecule has 0 aliphatic heterocycles. The van der Waals surface area contributed by atoms with Crippen molar-refractivity contribution in [2.24, 2.45) is 0 Å². The highest BCUT2D eigenvalue weighted by atomic mass is 32.1. The molecule has 3 aromatic carbocycles. The standard InChI is InChI=1S/C26H23FN2O2S/c1-16-12-13-19(14-17(16)2)31-18(3)25(30)28-23-11-7-5-9-21(23)24-15-32-26(29-24)20-8-4-6-10-22(20)27/h4-15,18H,1-3H3,(H,28,30). The molecule has 4 rings (SSSR count). The summed E-state index contributed by atoms with van der Waals surface area (Å²) in [5.74, 6) is 0.0746. The number of amides is 1. The summed E-state index contributed by atoms with van der Waals surface area (Å²) in [6.45, 7) is 5.75. The number of halogens is 1. The number of hydrogen-bond donors (Lipinski definition) is 1. The van der Waals surface area contributed by atoms with Crippen LogP contribution in [0.15, 0.2) is 72.1 Å². The molecule has 6 heteroatoms. The average molecular weight is 447 g/mol. The molecule has 0 saturated heterocycles. The van der Waals surface area contributed by atoms with Crippen molar-refractivity contribution in [3.63, 3.8) is 0 Å². The zero-order chi connectivity index (χ0) is 22.7. The summed E-state index contributed by atoms with van der Waals surface area (Å²) in [5, 5.41) is 5.39. The molecule has 0 fully saturated rings. The fraction of sp³-hybridized carbons (Fsp3) is 0.154. The number of benzene rings is 3. The summed E-state index contributed by atoms with van der Waals surface area (Å²) in [7, 11) is 0. The van der Waals surface area contributed by atoms with Crippen LogP contribution in [-0.2, 0) is 4.79 Å². The minimum absolute atomic E-state index is 0.264. The molecule has 0 radical (unpaired) electrons. The maximum atomic E-state index is 14.1. The molecule has 1 unspecified atom stereocenters. The molecule has 4 nitrogen and oxygen atoms in total. The first-order chi connectivity index (χ1) is 15.4. The Labute approximate surface area is 190 Å². The second kappa shape index (κ2) is 9.32. The molecule has 0 aliphatic carbocycles. The van der Waals surface area contributed by atoms with Crippen molar-refractivity contribution >= 4 is 22.9 Å². The van der Waals surface area contributed by atoms with Crippen molar-refractivity contribution in [2.75, 3.05) is 5.32 Å². The SMILES string of the molecule is Cc1ccc(OC(C)C(=O)Nc2ccccc2-c2csc(-c3ccccc3F)n2)cc1C. The van der Waals surface area contributed by atoms with Gasteiger partial charge in [-0.2, -0.15) is 0 Å². The van der Waals surface area contributed by atoms with E-state index in [1.54, 1.807) is 25.1 Å². The number of anilines is 1. The van der Waals surface area contributed by atoms with Gasteiger partial charge in [-0.1, -0.05) is 36.4 Å². The van der Waals surface area contributed by atoms with Crippen molar-refractivity contribution in [2.45, 2.75) is 26.9 Å². The van der Waals surface area contributed by atoms with Gasteiger partial charge in [0.25, 0.3) is 5.91 Å². The first-order valence-electron chi connectivity index (χ1n) is 10.3. The van der Waals surface area contributed by atoms with Crippen LogP contribution in [0.5, 0.6) is 5.75 Å². The van der Waals surface area contributed by atoms with Gasteiger partial charge in [0.05, 0.1) is 11.4 Å². The van der Waals surface area contributed by atoms with Crippen LogP contribution in [0.4, 0.5) is 10.1 Å². The zero-order valence-electron chi connectivity index (χ0n) is 18.1. The summed E-state index contributed by atoms with van der Waals surface area (Å²) >= 11 is 1.36. The van der Waals surface area contributed by atoms with Gasteiger partial charge in [0.1, 0.15) is 16.6 Å². The Morgan fingerprint density at radius 1 is 1.00 bits per heavy atom. The third-order valence-electron chi connectivity index (χ3n) is 5.23. The smallest absolute Gasteiger partial charge is 0.265 e. The molecule has 1 heterocycles. The van der Waals surface area contributed by atoms with E-state index in [2.05, 4.69) is 10.3 Å². The van der Waals surface area contributed by atoms with E-state index in [0.29, 0.717) is 27.7 Å². The lowest BCUT2D eigenvalue weighted by atomic mass is 10.1. The Morgan fingerprint density at radius 3 is 2.47 bits per heavy atom. The highest BCUT2D eigenvalue weighted by Crippen LogP contribution is 2.33. The molecule has 1 amide bonds. The first kappa shape index (κ1) is 21.7. The van der Waals surface area contributed by atoms with Crippen molar-refractivity contribution in [3.05, 3.63) is 89.1 Å². The molecule has 0 bridgehead atoms. The minimum Gasteiger partial charge on any atom is -0.481 e. The van der Waals surface area contributed by atoms with E-state index in [1.165, 1.54) is 23.0 Å². The van der Waals surface area contributed by atoms with Gasteiger partial charge in [0.2, 0.25) is 0 Å². The zero-order valence-corrected chi connectivity index (χ0v) is 18.9. The van der Waals surface area contributed by atoms with Crippen LogP contribution in [0.2, 0.25) is 0 Å². The molecular weight excluding hydrogens is 423 g/mol. The van der Waals surface area contributed by atoms with E-state index in [1.807, 2.05) is 61.7 Å². The highest BCUT2D eigenvalue weighted by molar-refractivity contribution is 7.13. The van der Waals surface area contributed by atoms with Crippen LogP contribution in [0.25, 0.3) is 21.8 Å². The minimum atomic E-state index is -0.686. The average Bonchev–Trinajstić information content (AvgIpc) is 3.26. The van der Waals surface area contributed by atoms with Gasteiger partial charge in [-0.15, -0.1) is 11.3 Å². The van der Waals surface area contributed by atoms with Gasteiger partial charge in [0, 0.05) is 16.5 Å². The number of ether oxygens (including phenoxy) is 1. The predicted octanol–water partition coefficient (Wildman–Crippen LogP) is 6.64. The van der Waals surface area contributed by atoms with Crippen molar-refractivity contribution in [1.82, 2.24) is 4.98 Å². The van der Waals surface area contributed by atoms with Crippen molar-refractivity contribution < 1.29 is 13.9 Å². The third-order valence-corrected chi connectivity index (χ3v) is 6.11. The van der Waals surface area contributed by atoms with E-state index in [-0.39, 0.29) is 11.7 Å². The number of nitrogens with zero attached hydrogens (tertiary/aromatic N) is 1. The Balaban J connectivity index is 1.53. The fourth-order valence-corrected chi connectivity index (χ4v) is 4.10. The molecule has 0 saturated carbocycles. The normalized spacial score (nSPS) is 11.8. The van der Waals surface area contributed by atoms with Gasteiger partial charge >= 0.3 is 0 Å². The molecule has 1 N–H and O–H groups in total. The number of carbonyl (C=O) groups is 1. The number of para-hydroxylation sites is 1. The molecular formula is C26H23FN2O2S. The van der Waals surface area contributed by atoms with Crippen LogP contribution in [0.1, 0.15) is 18.1 Å². The van der Waals surface area contributed by atoms with Crippen molar-refractivity contribution in [1.29, 1.82) is 0 Å². The lowest BCUT2D eigenvalue weighted by Crippen LogP contribution is -2.30. The number of aromatic nitrogens is 1. The largest absolute Gasteiger partial charge is 0.481 e. The molecule has 4 aromatic rings. The third kappa shape index (κ3) is 4.70. The number of aryl methyl sites for hydroxylation is 2. The molecule has 0 aliphatic rings. The van der Waals surface area contributed by atoms with E-state index in [4.69, 9.17) is 4.74 Å². The van der Waals surface area contributed by atoms with Gasteiger partial charge in [-0.05, 0) is 62.2 Å². The second-order valence-electron chi connectivity index (χ2n) is 7.56. The number of nitrogens with one attached hydrogen (secondary N) is 1. The quantitative estimate of drug-likeness (QED) is 0.361. The van der Waals surface area contributed by atoms with Crippen LogP contribution >= 0.6 is 11.3 Å². The Hall–Kier alpha value is -3.51. The van der Waals surface area contributed by atoms with E-state index < -0.39 is 6.10 Å². The monoisotopic (exact) mass is 446 g/mol. The number of thiazole rings is 1. The van der Waals surface area contributed by atoms with Gasteiger partial charge in [0.15, 0.2) is 6.10 Å². The van der Waals surface area contributed by atoms with Gasteiger partial charge in [-0.25, -0.2) is 9.37 Å². The summed E-state index contributed by atoms with van der Waals surface area (Å²) < 4.78 is 20.0. The summed E-state index contributed by atoms with van der Waals surface area (Å²) in [4.78, 5) is 17.4. The van der Waals surface area contributed by atoms with Crippen LogP contribution in [0, 0.1) is 19.7 Å². The van der Waals surface area contributed by atoms with Gasteiger partial charge in [-0.3, -0.25) is 4.79 Å². The lowest BCUT2D eigenvalue weighted by molar-refractivity contribution is -0.122. The maximum Gasteiger partial charge on any atom is 0.265 e. The number of rotatable bonds is 6. The molecule has 0 spiro atoms. The topological polar surface area (TPSA) is 51.2 Å². The lowest BCUT2D eigenvalue weighted by Gasteiger charge is -2.17. The number of hydrogen-bond acceptors (Lipinski definition) is 4. The number of carbonyl (C=O) groups excluding carboxylic acids is 1. The van der Waals surface area contributed by atoms with E-state index in [0.717, 1.165) is 11.1 Å². The van der Waals surface area contributed by atoms with Crippen molar-refractivity contribution in [3.8, 4) is 27.6 Å². The van der Waals surface area contributed by atoms with Crippen LogP contribution in [-0.4, -0.2) is 17.0 Å². The Kier molecular flexibility index (Phi) is 6.32.